The molecule has 8 nitrogen and oxygen atoms in total. The SMILES string of the molecule is CC.CCC1=NC(Cn2nc3ccc(-c4ccc(OC(F)(F)F)cc4)cn3c2=O)ON1. The molecular weight excluding hydrogens is 415 g/mol. The summed E-state index contributed by atoms with van der Waals surface area (Å²) in [6.45, 7) is 6.08. The highest BCUT2D eigenvalue weighted by Gasteiger charge is 2.31. The van der Waals surface area contributed by atoms with Gasteiger partial charge in [-0.2, -0.15) is 0 Å². The largest absolute Gasteiger partial charge is 0.573 e. The summed E-state index contributed by atoms with van der Waals surface area (Å²) < 4.78 is 43.3. The lowest BCUT2D eigenvalue weighted by Crippen LogP contribution is -2.28. The summed E-state index contributed by atoms with van der Waals surface area (Å²) in [6.07, 6.45) is -3.03. The molecule has 1 N–H and O–H groups in total. The van der Waals surface area contributed by atoms with Gasteiger partial charge < -0.3 is 4.74 Å². The van der Waals surface area contributed by atoms with Crippen molar-refractivity contribution in [3.63, 3.8) is 0 Å². The topological polar surface area (TPSA) is 82.1 Å². The van der Waals surface area contributed by atoms with Gasteiger partial charge in [-0.15, -0.1) is 18.3 Å². The van der Waals surface area contributed by atoms with E-state index in [1.165, 1.54) is 33.3 Å². The quantitative estimate of drug-likeness (QED) is 0.657. The first-order valence-electron chi connectivity index (χ1n) is 9.76. The van der Waals surface area contributed by atoms with Gasteiger partial charge in [0.05, 0.1) is 6.54 Å². The van der Waals surface area contributed by atoms with Crippen LogP contribution in [0.3, 0.4) is 0 Å². The van der Waals surface area contributed by atoms with Crippen LogP contribution < -0.4 is 15.9 Å². The lowest BCUT2D eigenvalue weighted by Gasteiger charge is -2.09. The molecule has 1 atom stereocenters. The van der Waals surface area contributed by atoms with Crippen LogP contribution in [-0.4, -0.2) is 32.6 Å². The molecule has 166 valence electrons. The third-order valence-corrected chi connectivity index (χ3v) is 4.27. The molecule has 11 heteroatoms. The van der Waals surface area contributed by atoms with Gasteiger partial charge in [0.15, 0.2) is 11.9 Å². The van der Waals surface area contributed by atoms with E-state index in [4.69, 9.17) is 4.84 Å². The second-order valence-electron chi connectivity index (χ2n) is 6.29. The lowest BCUT2D eigenvalue weighted by molar-refractivity contribution is -0.274. The first-order chi connectivity index (χ1) is 14.8. The highest BCUT2D eigenvalue weighted by molar-refractivity contribution is 5.81. The zero-order chi connectivity index (χ0) is 22.6. The van der Waals surface area contributed by atoms with Crippen molar-refractivity contribution >= 4 is 11.5 Å². The number of alkyl halides is 3. The Kier molecular flexibility index (Phi) is 6.64. The highest BCUT2D eigenvalue weighted by Crippen LogP contribution is 2.26. The van der Waals surface area contributed by atoms with Crippen LogP contribution in [-0.2, 0) is 11.4 Å². The summed E-state index contributed by atoms with van der Waals surface area (Å²) in [5, 5.41) is 4.26. The predicted octanol–water partition coefficient (Wildman–Crippen LogP) is 3.76. The summed E-state index contributed by atoms with van der Waals surface area (Å²) >= 11 is 0. The number of fused-ring (bicyclic) bond motifs is 1. The molecule has 3 aromatic rings. The number of rotatable bonds is 5. The fourth-order valence-electron chi connectivity index (χ4n) is 2.91. The molecule has 2 aromatic heterocycles. The molecule has 1 aromatic carbocycles. The Labute approximate surface area is 175 Å². The molecule has 0 saturated heterocycles. The standard InChI is InChI=1S/C18H16F3N5O3.C2H6/c1-2-14-22-16(29-24-14)10-26-17(27)25-9-12(5-8-15(25)23-26)11-3-6-13(7-4-11)28-18(19,20)21;1-2/h3-9,16H,2,10H2,1H3,(H,22,24);1-2H3. The van der Waals surface area contributed by atoms with Crippen LogP contribution in [0.25, 0.3) is 16.8 Å². The Morgan fingerprint density at radius 2 is 1.81 bits per heavy atom. The fraction of sp³-hybridized carbons (Fsp3) is 0.350. The number of aliphatic imine (C=N–C) groups is 1. The normalized spacial score (nSPS) is 15.8. The molecule has 0 radical (unpaired) electrons. The first kappa shape index (κ1) is 22.3. The summed E-state index contributed by atoms with van der Waals surface area (Å²) in [5.74, 6) is 0.386. The lowest BCUT2D eigenvalue weighted by atomic mass is 10.1. The third-order valence-electron chi connectivity index (χ3n) is 4.27. The molecule has 4 rings (SSSR count). The van der Waals surface area contributed by atoms with Gasteiger partial charge in [-0.25, -0.2) is 23.7 Å². The van der Waals surface area contributed by atoms with Crippen LogP contribution in [0.1, 0.15) is 27.2 Å². The van der Waals surface area contributed by atoms with Crippen molar-refractivity contribution in [3.05, 3.63) is 53.1 Å². The maximum Gasteiger partial charge on any atom is 0.573 e. The van der Waals surface area contributed by atoms with Crippen LogP contribution in [0.4, 0.5) is 13.2 Å². The van der Waals surface area contributed by atoms with E-state index in [9.17, 15) is 18.0 Å². The maximum atomic E-state index is 12.7. The Hall–Kier alpha value is -3.34. The first-order valence-corrected chi connectivity index (χ1v) is 9.76. The number of pyridine rings is 1. The van der Waals surface area contributed by atoms with E-state index in [1.54, 1.807) is 18.3 Å². The van der Waals surface area contributed by atoms with E-state index in [1.807, 2.05) is 20.8 Å². The monoisotopic (exact) mass is 437 g/mol. The number of hydrogen-bond acceptors (Lipinski definition) is 6. The Bertz CT molecular complexity index is 1120. The Morgan fingerprint density at radius 1 is 1.13 bits per heavy atom. The number of ether oxygens (including phenoxy) is 1. The number of hydrogen-bond donors (Lipinski definition) is 1. The number of nitrogens with one attached hydrogen (secondary N) is 1. The van der Waals surface area contributed by atoms with Gasteiger partial charge in [0.2, 0.25) is 0 Å². The number of benzene rings is 1. The van der Waals surface area contributed by atoms with Gasteiger partial charge in [-0.05, 0) is 35.4 Å². The number of halogens is 3. The second-order valence-corrected chi connectivity index (χ2v) is 6.29. The van der Waals surface area contributed by atoms with E-state index < -0.39 is 12.6 Å². The molecule has 31 heavy (non-hydrogen) atoms. The van der Waals surface area contributed by atoms with Crippen LogP contribution in [0.15, 0.2) is 52.4 Å². The molecule has 0 spiro atoms. The minimum Gasteiger partial charge on any atom is -0.406 e. The molecule has 0 amide bonds. The van der Waals surface area contributed by atoms with Gasteiger partial charge in [-0.1, -0.05) is 32.9 Å². The van der Waals surface area contributed by atoms with Crippen LogP contribution in [0.2, 0.25) is 0 Å². The average molecular weight is 437 g/mol. The maximum absolute atomic E-state index is 12.7. The minimum atomic E-state index is -4.75. The van der Waals surface area contributed by atoms with E-state index in [0.717, 1.165) is 0 Å². The zero-order valence-electron chi connectivity index (χ0n) is 17.2. The van der Waals surface area contributed by atoms with E-state index >= 15 is 0 Å². The van der Waals surface area contributed by atoms with E-state index in [-0.39, 0.29) is 18.0 Å². The molecule has 0 bridgehead atoms. The van der Waals surface area contributed by atoms with Crippen molar-refractivity contribution in [2.24, 2.45) is 4.99 Å². The van der Waals surface area contributed by atoms with Gasteiger partial charge in [-0.3, -0.25) is 5.48 Å². The van der Waals surface area contributed by atoms with Gasteiger partial charge in [0, 0.05) is 12.6 Å². The fourth-order valence-corrected chi connectivity index (χ4v) is 2.91. The molecule has 0 fully saturated rings. The Morgan fingerprint density at radius 3 is 2.42 bits per heavy atom. The number of hydroxylamine groups is 1. The molecule has 3 heterocycles. The second kappa shape index (κ2) is 9.21. The minimum absolute atomic E-state index is 0.149. The summed E-state index contributed by atoms with van der Waals surface area (Å²) in [6, 6.07) is 8.78. The van der Waals surface area contributed by atoms with Crippen LogP contribution >= 0.6 is 0 Å². The summed E-state index contributed by atoms with van der Waals surface area (Å²) in [5.41, 5.74) is 4.03. The average Bonchev–Trinajstić information content (AvgIpc) is 3.33. The van der Waals surface area contributed by atoms with E-state index in [2.05, 4.69) is 20.3 Å². The third kappa shape index (κ3) is 5.23. The molecule has 0 saturated carbocycles. The Balaban J connectivity index is 0.00000132. The van der Waals surface area contributed by atoms with Crippen molar-refractivity contribution in [2.45, 2.75) is 46.3 Å². The highest BCUT2D eigenvalue weighted by atomic mass is 19.4. The zero-order valence-corrected chi connectivity index (χ0v) is 17.2. The van der Waals surface area contributed by atoms with Crippen molar-refractivity contribution in [1.29, 1.82) is 0 Å². The molecular formula is C20H22F3N5O3. The molecule has 1 unspecified atom stereocenters. The van der Waals surface area contributed by atoms with Crippen molar-refractivity contribution in [3.8, 4) is 16.9 Å². The predicted molar refractivity (Wildman–Crippen MR) is 109 cm³/mol. The summed E-state index contributed by atoms with van der Waals surface area (Å²) in [7, 11) is 0. The molecule has 1 aliphatic heterocycles. The van der Waals surface area contributed by atoms with Crippen LogP contribution in [0.5, 0.6) is 5.75 Å². The van der Waals surface area contributed by atoms with Gasteiger partial charge in [0.1, 0.15) is 11.6 Å². The number of amidine groups is 1. The van der Waals surface area contributed by atoms with Gasteiger partial charge in [0.25, 0.3) is 0 Å². The van der Waals surface area contributed by atoms with E-state index in [0.29, 0.717) is 29.0 Å². The number of aromatic nitrogens is 3. The van der Waals surface area contributed by atoms with Crippen molar-refractivity contribution in [2.75, 3.05) is 0 Å². The molecule has 1 aliphatic rings. The smallest absolute Gasteiger partial charge is 0.406 e. The van der Waals surface area contributed by atoms with Crippen molar-refractivity contribution in [1.82, 2.24) is 19.7 Å². The molecule has 0 aliphatic carbocycles. The summed E-state index contributed by atoms with van der Waals surface area (Å²) in [4.78, 5) is 22.2. The van der Waals surface area contributed by atoms with Gasteiger partial charge >= 0.3 is 12.1 Å². The van der Waals surface area contributed by atoms with Crippen molar-refractivity contribution < 1.29 is 22.7 Å². The number of nitrogens with zero attached hydrogens (tertiary/aromatic N) is 4. The van der Waals surface area contributed by atoms with Crippen LogP contribution in [0, 0.1) is 0 Å².